The van der Waals surface area contributed by atoms with Gasteiger partial charge in [-0.15, -0.1) is 0 Å². The van der Waals surface area contributed by atoms with Crippen LogP contribution in [0.4, 0.5) is 13.2 Å². The second-order valence-electron chi connectivity index (χ2n) is 3.71. The predicted molar refractivity (Wildman–Crippen MR) is 56.7 cm³/mol. The molecule has 0 spiro atoms. The molecule has 98 valence electrons. The van der Waals surface area contributed by atoms with Crippen LogP contribution in [0.5, 0.6) is 0 Å². The lowest BCUT2D eigenvalue weighted by molar-refractivity contribution is -0.138. The Morgan fingerprint density at radius 3 is 2.25 bits per heavy atom. The Labute approximate surface area is 94.5 Å². The summed E-state index contributed by atoms with van der Waals surface area (Å²) in [6.07, 6.45) is -3.71. The minimum atomic E-state index is -4.14. The molecule has 0 aliphatic heterocycles. The maximum Gasteiger partial charge on any atom is 0.389 e. The first kappa shape index (κ1) is 15.7. The number of alkyl halides is 3. The van der Waals surface area contributed by atoms with Gasteiger partial charge in [0.15, 0.2) is 0 Å². The van der Waals surface area contributed by atoms with Crippen molar-refractivity contribution in [1.29, 1.82) is 0 Å². The Kier molecular flexibility index (Phi) is 7.70. The van der Waals surface area contributed by atoms with E-state index in [9.17, 15) is 13.2 Å². The van der Waals surface area contributed by atoms with E-state index in [4.69, 9.17) is 10.6 Å². The number of halogens is 3. The van der Waals surface area contributed by atoms with E-state index in [2.05, 4.69) is 5.43 Å². The normalized spacial score (nSPS) is 16.1. The number of rotatable bonds is 8. The molecule has 0 aromatic carbocycles. The van der Waals surface area contributed by atoms with Crippen LogP contribution in [0.25, 0.3) is 0 Å². The highest BCUT2D eigenvalue weighted by atomic mass is 19.4. The van der Waals surface area contributed by atoms with Crippen LogP contribution in [0.15, 0.2) is 0 Å². The smallest absolute Gasteiger partial charge is 0.377 e. The fourth-order valence-corrected chi connectivity index (χ4v) is 1.59. The number of hydrogen-bond donors (Lipinski definition) is 2. The van der Waals surface area contributed by atoms with E-state index in [0.717, 1.165) is 6.42 Å². The minimum Gasteiger partial charge on any atom is -0.377 e. The molecule has 0 fully saturated rings. The lowest BCUT2D eigenvalue weighted by atomic mass is 10.0. The van der Waals surface area contributed by atoms with Crippen molar-refractivity contribution in [1.82, 2.24) is 5.43 Å². The second kappa shape index (κ2) is 7.86. The van der Waals surface area contributed by atoms with Gasteiger partial charge in [-0.05, 0) is 19.8 Å². The third kappa shape index (κ3) is 7.03. The molecule has 3 nitrogen and oxygen atoms in total. The van der Waals surface area contributed by atoms with Gasteiger partial charge in [0.1, 0.15) is 0 Å². The van der Waals surface area contributed by atoms with Gasteiger partial charge in [0.2, 0.25) is 0 Å². The zero-order valence-electron chi connectivity index (χ0n) is 9.81. The zero-order chi connectivity index (χ0) is 12.6. The average molecular weight is 242 g/mol. The summed E-state index contributed by atoms with van der Waals surface area (Å²) in [5, 5.41) is 0. The molecular weight excluding hydrogens is 221 g/mol. The maximum absolute atomic E-state index is 12.1. The van der Waals surface area contributed by atoms with Crippen LogP contribution in [0, 0.1) is 0 Å². The molecule has 0 aromatic rings. The van der Waals surface area contributed by atoms with Crippen LogP contribution >= 0.6 is 0 Å². The van der Waals surface area contributed by atoms with Gasteiger partial charge in [-0.1, -0.05) is 13.3 Å². The fraction of sp³-hybridized carbons (Fsp3) is 1.00. The lowest BCUT2D eigenvalue weighted by Gasteiger charge is -2.26. The molecule has 0 saturated carbocycles. The van der Waals surface area contributed by atoms with Gasteiger partial charge in [-0.3, -0.25) is 11.3 Å². The molecule has 0 heterocycles. The predicted octanol–water partition coefficient (Wildman–Crippen LogP) is 2.37. The topological polar surface area (TPSA) is 47.3 Å². The summed E-state index contributed by atoms with van der Waals surface area (Å²) in [4.78, 5) is 0. The fourth-order valence-electron chi connectivity index (χ4n) is 1.59. The van der Waals surface area contributed by atoms with Crippen LogP contribution in [0.1, 0.15) is 39.5 Å². The summed E-state index contributed by atoms with van der Waals surface area (Å²) < 4.78 is 41.6. The standard InChI is InChI=1S/C10H21F3N2O/c1-3-5-9(16-4-2)8(15-14)6-7-10(11,12)13/h8-9,15H,3-7,14H2,1-2H3. The Bertz CT molecular complexity index is 170. The Hall–Kier alpha value is -0.330. The van der Waals surface area contributed by atoms with Gasteiger partial charge < -0.3 is 4.74 Å². The Morgan fingerprint density at radius 1 is 1.25 bits per heavy atom. The minimum absolute atomic E-state index is 0.0509. The maximum atomic E-state index is 12.1. The molecule has 0 aromatic heterocycles. The lowest BCUT2D eigenvalue weighted by Crippen LogP contribution is -2.45. The van der Waals surface area contributed by atoms with E-state index in [-0.39, 0.29) is 12.5 Å². The molecule has 3 N–H and O–H groups in total. The summed E-state index contributed by atoms with van der Waals surface area (Å²) in [5.74, 6) is 5.27. The highest BCUT2D eigenvalue weighted by Crippen LogP contribution is 2.24. The highest BCUT2D eigenvalue weighted by Gasteiger charge is 2.30. The molecule has 0 rings (SSSR count). The van der Waals surface area contributed by atoms with E-state index < -0.39 is 18.6 Å². The Balaban J connectivity index is 4.19. The number of hydrazine groups is 1. The van der Waals surface area contributed by atoms with Gasteiger partial charge >= 0.3 is 6.18 Å². The quantitative estimate of drug-likeness (QED) is 0.507. The van der Waals surface area contributed by atoms with E-state index in [1.165, 1.54) is 0 Å². The molecule has 0 radical (unpaired) electrons. The van der Waals surface area contributed by atoms with Crippen molar-refractivity contribution in [2.75, 3.05) is 6.61 Å². The molecule has 0 saturated heterocycles. The van der Waals surface area contributed by atoms with Gasteiger partial charge in [-0.2, -0.15) is 13.2 Å². The molecule has 2 atom stereocenters. The third-order valence-corrected chi connectivity index (χ3v) is 2.36. The summed E-state index contributed by atoms with van der Waals surface area (Å²) in [6.45, 7) is 4.26. The van der Waals surface area contributed by atoms with Crippen LogP contribution in [0.3, 0.4) is 0 Å². The summed E-state index contributed by atoms with van der Waals surface area (Å²) >= 11 is 0. The summed E-state index contributed by atoms with van der Waals surface area (Å²) in [6, 6.07) is -0.443. The molecule has 6 heteroatoms. The molecule has 0 aliphatic carbocycles. The second-order valence-corrected chi connectivity index (χ2v) is 3.71. The van der Waals surface area contributed by atoms with Crippen molar-refractivity contribution in [3.8, 4) is 0 Å². The van der Waals surface area contributed by atoms with E-state index in [1.807, 2.05) is 13.8 Å². The van der Waals surface area contributed by atoms with Gasteiger partial charge in [-0.25, -0.2) is 0 Å². The summed E-state index contributed by atoms with van der Waals surface area (Å²) in [7, 11) is 0. The van der Waals surface area contributed by atoms with Crippen molar-refractivity contribution in [2.24, 2.45) is 5.84 Å². The average Bonchev–Trinajstić information content (AvgIpc) is 2.17. The van der Waals surface area contributed by atoms with Crippen molar-refractivity contribution in [3.05, 3.63) is 0 Å². The van der Waals surface area contributed by atoms with E-state index >= 15 is 0 Å². The molecule has 0 aliphatic rings. The largest absolute Gasteiger partial charge is 0.389 e. The molecule has 0 bridgehead atoms. The number of ether oxygens (including phenoxy) is 1. The van der Waals surface area contributed by atoms with Gasteiger partial charge in [0.25, 0.3) is 0 Å². The van der Waals surface area contributed by atoms with Crippen LogP contribution in [-0.2, 0) is 4.74 Å². The highest BCUT2D eigenvalue weighted by molar-refractivity contribution is 4.76. The van der Waals surface area contributed by atoms with Gasteiger partial charge in [0, 0.05) is 19.1 Å². The van der Waals surface area contributed by atoms with E-state index in [1.54, 1.807) is 0 Å². The van der Waals surface area contributed by atoms with Crippen molar-refractivity contribution in [2.45, 2.75) is 57.9 Å². The van der Waals surface area contributed by atoms with Crippen LogP contribution in [0.2, 0.25) is 0 Å². The molecule has 16 heavy (non-hydrogen) atoms. The van der Waals surface area contributed by atoms with Crippen molar-refractivity contribution < 1.29 is 17.9 Å². The molecule has 2 unspecified atom stereocenters. The SMILES string of the molecule is CCCC(OCC)C(CCC(F)(F)F)NN. The number of hydrogen-bond acceptors (Lipinski definition) is 3. The van der Waals surface area contributed by atoms with Crippen molar-refractivity contribution in [3.63, 3.8) is 0 Å². The third-order valence-electron chi connectivity index (χ3n) is 2.36. The monoisotopic (exact) mass is 242 g/mol. The number of nitrogens with two attached hydrogens (primary N) is 1. The van der Waals surface area contributed by atoms with Crippen molar-refractivity contribution >= 4 is 0 Å². The first-order chi connectivity index (χ1) is 7.44. The number of nitrogens with one attached hydrogen (secondary N) is 1. The first-order valence-corrected chi connectivity index (χ1v) is 5.59. The zero-order valence-corrected chi connectivity index (χ0v) is 9.81. The molecule has 0 amide bonds. The van der Waals surface area contributed by atoms with E-state index in [0.29, 0.717) is 13.0 Å². The van der Waals surface area contributed by atoms with Crippen LogP contribution < -0.4 is 11.3 Å². The van der Waals surface area contributed by atoms with Crippen LogP contribution in [-0.4, -0.2) is 24.9 Å². The van der Waals surface area contributed by atoms with Gasteiger partial charge in [0.05, 0.1) is 6.10 Å². The molecular formula is C10H21F3N2O. The summed E-state index contributed by atoms with van der Waals surface area (Å²) in [5.41, 5.74) is 2.42. The first-order valence-electron chi connectivity index (χ1n) is 5.59. The Morgan fingerprint density at radius 2 is 1.88 bits per heavy atom.